The molecule has 8 nitrogen and oxygen atoms in total. The van der Waals surface area contributed by atoms with Gasteiger partial charge in [-0.3, -0.25) is 14.2 Å². The molecular weight excluding hydrogens is 523 g/mol. The van der Waals surface area contributed by atoms with Crippen molar-refractivity contribution in [3.05, 3.63) is 76.3 Å². The number of halogens is 3. The van der Waals surface area contributed by atoms with Crippen molar-refractivity contribution in [2.75, 3.05) is 36.5 Å². The maximum atomic E-state index is 13.9. The number of likely N-dealkylation sites (N-methyl/N-ethyl adjacent to an activating group) is 1. The second-order valence-corrected chi connectivity index (χ2v) is 10.1. The molecule has 1 amide bonds. The Labute approximate surface area is 230 Å². The van der Waals surface area contributed by atoms with Gasteiger partial charge in [0.1, 0.15) is 12.4 Å². The van der Waals surface area contributed by atoms with Crippen LogP contribution in [0, 0.1) is 6.92 Å². The standard InChI is InChI=1S/C29H32F3N5O3/c1-19-9-10-21(37(20-11-12-20)28(39)29(30,31)32)18-24(19)36-16-13-34-26(27(36)38)35-15-5-7-23(35)22-6-3-4-8-25(22)40-17-14-33-2/h3-4,6,8-10,13,16,18,20,23,33H,5,7,11-12,14-15,17H2,1-2H3. The van der Waals surface area contributed by atoms with Crippen LogP contribution in [0.3, 0.4) is 0 Å². The van der Waals surface area contributed by atoms with Crippen LogP contribution >= 0.6 is 0 Å². The van der Waals surface area contributed by atoms with Gasteiger partial charge in [-0.15, -0.1) is 0 Å². The van der Waals surface area contributed by atoms with E-state index in [-0.39, 0.29) is 23.1 Å². The van der Waals surface area contributed by atoms with E-state index >= 15 is 0 Å². The Hall–Kier alpha value is -3.86. The van der Waals surface area contributed by atoms with Crippen LogP contribution in [0.4, 0.5) is 24.7 Å². The fraction of sp³-hybridized carbons (Fsp3) is 0.414. The van der Waals surface area contributed by atoms with Gasteiger partial charge in [-0.2, -0.15) is 13.2 Å². The van der Waals surface area contributed by atoms with Gasteiger partial charge in [0.25, 0.3) is 5.56 Å². The number of amides is 1. The van der Waals surface area contributed by atoms with E-state index in [1.165, 1.54) is 29.1 Å². The summed E-state index contributed by atoms with van der Waals surface area (Å²) in [4.78, 5) is 33.3. The van der Waals surface area contributed by atoms with E-state index in [0.717, 1.165) is 29.1 Å². The molecule has 1 aliphatic carbocycles. The minimum absolute atomic E-state index is 0.113. The van der Waals surface area contributed by atoms with Crippen LogP contribution in [0.5, 0.6) is 5.75 Å². The van der Waals surface area contributed by atoms with Gasteiger partial charge in [-0.25, -0.2) is 4.98 Å². The zero-order chi connectivity index (χ0) is 28.4. The number of rotatable bonds is 9. The Morgan fingerprint density at radius 3 is 2.67 bits per heavy atom. The highest BCUT2D eigenvalue weighted by molar-refractivity contribution is 5.98. The molecule has 3 aromatic rings. The van der Waals surface area contributed by atoms with Crippen molar-refractivity contribution in [3.63, 3.8) is 0 Å². The average molecular weight is 556 g/mol. The van der Waals surface area contributed by atoms with Crippen molar-refractivity contribution in [1.29, 1.82) is 0 Å². The first-order valence-electron chi connectivity index (χ1n) is 13.4. The average Bonchev–Trinajstić information content (AvgIpc) is 3.65. The molecule has 1 N–H and O–H groups in total. The highest BCUT2D eigenvalue weighted by Gasteiger charge is 2.48. The summed E-state index contributed by atoms with van der Waals surface area (Å²) in [5.41, 5.74) is 1.78. The Bertz CT molecular complexity index is 1440. The molecule has 0 bridgehead atoms. The summed E-state index contributed by atoms with van der Waals surface area (Å²) in [6, 6.07) is 11.8. The molecule has 0 radical (unpaired) electrons. The Kier molecular flexibility index (Phi) is 7.84. The lowest BCUT2D eigenvalue weighted by atomic mass is 10.0. The van der Waals surface area contributed by atoms with Crippen LogP contribution < -0.4 is 25.4 Å². The van der Waals surface area contributed by atoms with Crippen molar-refractivity contribution in [2.45, 2.75) is 50.9 Å². The number of anilines is 2. The van der Waals surface area contributed by atoms with E-state index in [9.17, 15) is 22.8 Å². The van der Waals surface area contributed by atoms with Crippen molar-refractivity contribution < 1.29 is 22.7 Å². The number of aryl methyl sites for hydroxylation is 1. The largest absolute Gasteiger partial charge is 0.492 e. The second kappa shape index (κ2) is 11.3. The topological polar surface area (TPSA) is 79.7 Å². The fourth-order valence-corrected chi connectivity index (χ4v) is 5.25. The predicted octanol–water partition coefficient (Wildman–Crippen LogP) is 4.54. The number of nitrogens with one attached hydrogen (secondary N) is 1. The number of carbonyl (C=O) groups excluding carboxylic acids is 1. The van der Waals surface area contributed by atoms with Gasteiger partial charge >= 0.3 is 12.1 Å². The van der Waals surface area contributed by atoms with Crippen LogP contribution in [0.1, 0.15) is 42.9 Å². The Balaban J connectivity index is 1.51. The fourth-order valence-electron chi connectivity index (χ4n) is 5.25. The summed E-state index contributed by atoms with van der Waals surface area (Å²) in [7, 11) is 1.86. The summed E-state index contributed by atoms with van der Waals surface area (Å²) < 4.78 is 47.6. The first-order chi connectivity index (χ1) is 19.2. The first-order valence-corrected chi connectivity index (χ1v) is 13.4. The minimum atomic E-state index is -4.99. The molecule has 1 atom stereocenters. The van der Waals surface area contributed by atoms with Gasteiger partial charge < -0.3 is 19.9 Å². The molecule has 0 spiro atoms. The van der Waals surface area contributed by atoms with Crippen LogP contribution in [0.25, 0.3) is 5.69 Å². The molecular formula is C29H32F3N5O3. The van der Waals surface area contributed by atoms with Crippen molar-refractivity contribution in [2.24, 2.45) is 0 Å². The highest BCUT2D eigenvalue weighted by atomic mass is 19.4. The summed E-state index contributed by atoms with van der Waals surface area (Å²) >= 11 is 0. The van der Waals surface area contributed by atoms with Crippen LogP contribution in [0.2, 0.25) is 0 Å². The lowest BCUT2D eigenvalue weighted by Crippen LogP contribution is -2.42. The summed E-state index contributed by atoms with van der Waals surface area (Å²) in [5.74, 6) is -0.891. The number of carbonyl (C=O) groups is 1. The lowest BCUT2D eigenvalue weighted by molar-refractivity contribution is -0.170. The zero-order valence-electron chi connectivity index (χ0n) is 22.4. The molecule has 40 heavy (non-hydrogen) atoms. The lowest BCUT2D eigenvalue weighted by Gasteiger charge is -2.28. The SMILES string of the molecule is CNCCOc1ccccc1C1CCCN1c1nccn(-c2cc(N(C(=O)C(F)(F)F)C3CC3)ccc2C)c1=O. The summed E-state index contributed by atoms with van der Waals surface area (Å²) in [6.07, 6.45) is 0.703. The number of aromatic nitrogens is 2. The third-order valence-corrected chi connectivity index (χ3v) is 7.34. The molecule has 5 rings (SSSR count). The molecule has 212 valence electrons. The Morgan fingerprint density at radius 2 is 1.95 bits per heavy atom. The van der Waals surface area contributed by atoms with E-state index in [4.69, 9.17) is 4.74 Å². The second-order valence-electron chi connectivity index (χ2n) is 10.1. The number of benzene rings is 2. The van der Waals surface area contributed by atoms with Gasteiger partial charge in [-0.1, -0.05) is 24.3 Å². The van der Waals surface area contributed by atoms with Gasteiger partial charge in [0.2, 0.25) is 0 Å². The van der Waals surface area contributed by atoms with Crippen LogP contribution in [-0.2, 0) is 4.79 Å². The number of hydrogen-bond donors (Lipinski definition) is 1. The van der Waals surface area contributed by atoms with Gasteiger partial charge in [0.15, 0.2) is 5.82 Å². The molecule has 1 aromatic heterocycles. The molecule has 2 aromatic carbocycles. The van der Waals surface area contributed by atoms with Gasteiger partial charge in [0, 0.05) is 42.8 Å². The summed E-state index contributed by atoms with van der Waals surface area (Å²) in [6.45, 7) is 3.59. The minimum Gasteiger partial charge on any atom is -0.492 e. The van der Waals surface area contributed by atoms with Crippen molar-refractivity contribution in [3.8, 4) is 11.4 Å². The number of alkyl halides is 3. The molecule has 2 aliphatic rings. The molecule has 1 saturated heterocycles. The number of ether oxygens (including phenoxy) is 1. The van der Waals surface area contributed by atoms with E-state index in [0.29, 0.717) is 43.8 Å². The first kappa shape index (κ1) is 27.7. The number of hydrogen-bond acceptors (Lipinski definition) is 6. The molecule has 11 heteroatoms. The van der Waals surface area contributed by atoms with Crippen LogP contribution in [-0.4, -0.2) is 54.4 Å². The molecule has 1 saturated carbocycles. The smallest absolute Gasteiger partial charge is 0.471 e. The Morgan fingerprint density at radius 1 is 1.18 bits per heavy atom. The quantitative estimate of drug-likeness (QED) is 0.391. The van der Waals surface area contributed by atoms with E-state index in [1.54, 1.807) is 13.0 Å². The van der Waals surface area contributed by atoms with Crippen molar-refractivity contribution >= 4 is 17.4 Å². The summed E-state index contributed by atoms with van der Waals surface area (Å²) in [5, 5.41) is 3.06. The van der Waals surface area contributed by atoms with Gasteiger partial charge in [0.05, 0.1) is 11.7 Å². The maximum Gasteiger partial charge on any atom is 0.471 e. The number of nitrogens with zero attached hydrogens (tertiary/aromatic N) is 4. The highest BCUT2D eigenvalue weighted by Crippen LogP contribution is 2.39. The maximum absolute atomic E-state index is 13.9. The normalized spacial score (nSPS) is 17.2. The van der Waals surface area contributed by atoms with Crippen molar-refractivity contribution in [1.82, 2.24) is 14.9 Å². The third kappa shape index (κ3) is 5.56. The van der Waals surface area contributed by atoms with E-state index < -0.39 is 18.1 Å². The third-order valence-electron chi connectivity index (χ3n) is 7.34. The molecule has 2 fully saturated rings. The van der Waals surface area contributed by atoms with Gasteiger partial charge in [-0.05, 0) is 63.4 Å². The predicted molar refractivity (Wildman–Crippen MR) is 146 cm³/mol. The molecule has 2 heterocycles. The monoisotopic (exact) mass is 555 g/mol. The molecule has 1 aliphatic heterocycles. The van der Waals surface area contributed by atoms with E-state index in [2.05, 4.69) is 10.3 Å². The van der Waals surface area contributed by atoms with E-state index in [1.807, 2.05) is 36.2 Å². The van der Waals surface area contributed by atoms with Crippen LogP contribution in [0.15, 0.2) is 59.7 Å². The number of para-hydroxylation sites is 1. The molecule has 1 unspecified atom stereocenters. The zero-order valence-corrected chi connectivity index (χ0v) is 22.4.